The molecule has 2 atom stereocenters. The zero-order valence-corrected chi connectivity index (χ0v) is 16.6. The molecular formula is C20H25N7O2. The fourth-order valence-electron chi connectivity index (χ4n) is 3.97. The summed E-state index contributed by atoms with van der Waals surface area (Å²) in [6, 6.07) is 5.98. The molecule has 0 amide bonds. The fraction of sp³-hybridized carbons (Fsp3) is 0.500. The van der Waals surface area contributed by atoms with Gasteiger partial charge in [-0.15, -0.1) is 0 Å². The summed E-state index contributed by atoms with van der Waals surface area (Å²) in [5.41, 5.74) is 2.06. The molecule has 2 fully saturated rings. The van der Waals surface area contributed by atoms with E-state index in [2.05, 4.69) is 41.6 Å². The highest BCUT2D eigenvalue weighted by Gasteiger charge is 2.37. The first kappa shape index (κ1) is 18.3. The minimum atomic E-state index is -0.361. The van der Waals surface area contributed by atoms with Crippen molar-refractivity contribution < 1.29 is 9.26 Å². The fourth-order valence-corrected chi connectivity index (χ4v) is 3.97. The Hall–Kier alpha value is -2.78. The van der Waals surface area contributed by atoms with Crippen molar-refractivity contribution in [2.45, 2.75) is 50.8 Å². The van der Waals surface area contributed by atoms with Crippen LogP contribution in [0.5, 0.6) is 0 Å². The van der Waals surface area contributed by atoms with Crippen LogP contribution in [-0.2, 0) is 4.74 Å². The van der Waals surface area contributed by atoms with Gasteiger partial charge in [0.2, 0.25) is 0 Å². The van der Waals surface area contributed by atoms with Gasteiger partial charge in [-0.2, -0.15) is 5.10 Å². The second-order valence-corrected chi connectivity index (χ2v) is 7.77. The smallest absolute Gasteiger partial charge is 0.174 e. The predicted octanol–water partition coefficient (Wildman–Crippen LogP) is 3.60. The number of nitrogens with one attached hydrogen (secondary N) is 2. The number of hydrogen-bond acceptors (Lipinski definition) is 8. The highest BCUT2D eigenvalue weighted by atomic mass is 16.5. The Morgan fingerprint density at radius 3 is 2.93 bits per heavy atom. The van der Waals surface area contributed by atoms with Crippen LogP contribution in [0.2, 0.25) is 0 Å². The minimum absolute atomic E-state index is 0.120. The maximum absolute atomic E-state index is 5.84. The SMILES string of the molecule is COC(c1nccc(Nc2cc(C)[nH]n2)n1)N1CCCC1c1cc(C2CC2)no1. The molecule has 2 N–H and O–H groups in total. The molecule has 9 heteroatoms. The van der Waals surface area contributed by atoms with E-state index < -0.39 is 0 Å². The number of aromatic amines is 1. The average Bonchev–Trinajstić information content (AvgIpc) is 3.09. The number of aryl methyl sites for hydroxylation is 1. The highest BCUT2D eigenvalue weighted by molar-refractivity contribution is 5.51. The van der Waals surface area contributed by atoms with Gasteiger partial charge in [-0.3, -0.25) is 10.00 Å². The first-order valence-electron chi connectivity index (χ1n) is 10.1. The van der Waals surface area contributed by atoms with Gasteiger partial charge in [0.15, 0.2) is 23.6 Å². The number of ether oxygens (including phenoxy) is 1. The molecule has 2 unspecified atom stereocenters. The molecule has 0 spiro atoms. The number of hydrogen-bond donors (Lipinski definition) is 2. The van der Waals surface area contributed by atoms with Crippen LogP contribution < -0.4 is 5.32 Å². The largest absolute Gasteiger partial charge is 0.359 e. The average molecular weight is 395 g/mol. The van der Waals surface area contributed by atoms with Crippen LogP contribution in [0.25, 0.3) is 0 Å². The molecule has 0 aromatic carbocycles. The lowest BCUT2D eigenvalue weighted by Gasteiger charge is -2.29. The van der Waals surface area contributed by atoms with Gasteiger partial charge < -0.3 is 14.6 Å². The zero-order valence-electron chi connectivity index (χ0n) is 16.6. The summed E-state index contributed by atoms with van der Waals surface area (Å²) in [6.45, 7) is 2.85. The summed E-state index contributed by atoms with van der Waals surface area (Å²) in [5.74, 6) is 3.49. The summed E-state index contributed by atoms with van der Waals surface area (Å²) in [4.78, 5) is 11.4. The number of likely N-dealkylation sites (tertiary alicyclic amines) is 1. The van der Waals surface area contributed by atoms with E-state index in [-0.39, 0.29) is 12.3 Å². The van der Waals surface area contributed by atoms with Crippen molar-refractivity contribution in [1.82, 2.24) is 30.2 Å². The van der Waals surface area contributed by atoms with E-state index in [1.165, 1.54) is 12.8 Å². The lowest BCUT2D eigenvalue weighted by molar-refractivity contribution is -0.0529. The van der Waals surface area contributed by atoms with Crippen molar-refractivity contribution >= 4 is 11.6 Å². The van der Waals surface area contributed by atoms with Crippen LogP contribution in [0.15, 0.2) is 28.9 Å². The van der Waals surface area contributed by atoms with Gasteiger partial charge in [-0.1, -0.05) is 5.16 Å². The first-order chi connectivity index (χ1) is 14.2. The number of anilines is 2. The molecule has 2 aliphatic rings. The molecule has 1 aliphatic heterocycles. The van der Waals surface area contributed by atoms with Gasteiger partial charge in [-0.25, -0.2) is 9.97 Å². The van der Waals surface area contributed by atoms with Crippen LogP contribution >= 0.6 is 0 Å². The number of rotatable bonds is 7. The van der Waals surface area contributed by atoms with Gasteiger partial charge in [0.1, 0.15) is 5.82 Å². The standard InChI is InChI=1S/C20H25N7O2/c1-12-10-18(25-24-12)22-17-7-8-21-19(23-17)20(28-2)27-9-3-4-15(27)16-11-14(26-29-16)13-5-6-13/h7-8,10-11,13,15,20H,3-6,9H2,1-2H3,(H2,21,22,23,24,25). The molecule has 3 aromatic rings. The molecule has 5 rings (SSSR count). The van der Waals surface area contributed by atoms with Crippen molar-refractivity contribution in [3.63, 3.8) is 0 Å². The molecule has 4 heterocycles. The van der Waals surface area contributed by atoms with Crippen LogP contribution in [-0.4, -0.2) is 43.9 Å². The summed E-state index contributed by atoms with van der Waals surface area (Å²) in [5, 5.41) is 14.6. The molecule has 1 saturated heterocycles. The molecule has 152 valence electrons. The van der Waals surface area contributed by atoms with E-state index in [0.29, 0.717) is 17.6 Å². The Labute approximate surface area is 168 Å². The number of methoxy groups -OCH3 is 1. The zero-order chi connectivity index (χ0) is 19.8. The molecule has 0 bridgehead atoms. The predicted molar refractivity (Wildman–Crippen MR) is 106 cm³/mol. The monoisotopic (exact) mass is 395 g/mol. The van der Waals surface area contributed by atoms with Gasteiger partial charge in [0, 0.05) is 43.6 Å². The Kier molecular flexibility index (Phi) is 4.76. The number of aromatic nitrogens is 5. The van der Waals surface area contributed by atoms with Gasteiger partial charge in [0.25, 0.3) is 0 Å². The Balaban J connectivity index is 1.37. The van der Waals surface area contributed by atoms with E-state index in [4.69, 9.17) is 9.26 Å². The van der Waals surface area contributed by atoms with Gasteiger partial charge >= 0.3 is 0 Å². The molecule has 1 aliphatic carbocycles. The van der Waals surface area contributed by atoms with E-state index in [0.717, 1.165) is 42.4 Å². The highest BCUT2D eigenvalue weighted by Crippen LogP contribution is 2.43. The van der Waals surface area contributed by atoms with Gasteiger partial charge in [-0.05, 0) is 38.7 Å². The van der Waals surface area contributed by atoms with E-state index >= 15 is 0 Å². The normalized spacial score (nSPS) is 20.8. The maximum atomic E-state index is 5.84. The third-order valence-corrected chi connectivity index (χ3v) is 5.55. The van der Waals surface area contributed by atoms with Crippen molar-refractivity contribution in [2.24, 2.45) is 0 Å². The summed E-state index contributed by atoms with van der Waals surface area (Å²) >= 11 is 0. The third kappa shape index (κ3) is 3.75. The van der Waals surface area contributed by atoms with Gasteiger partial charge in [0.05, 0.1) is 11.7 Å². The van der Waals surface area contributed by atoms with E-state index in [9.17, 15) is 0 Å². The van der Waals surface area contributed by atoms with Crippen molar-refractivity contribution in [1.29, 1.82) is 0 Å². The molecule has 9 nitrogen and oxygen atoms in total. The Morgan fingerprint density at radius 1 is 1.28 bits per heavy atom. The van der Waals surface area contributed by atoms with Crippen molar-refractivity contribution in [3.8, 4) is 0 Å². The lowest BCUT2D eigenvalue weighted by atomic mass is 10.1. The molecular weight excluding hydrogens is 370 g/mol. The van der Waals surface area contributed by atoms with Crippen molar-refractivity contribution in [2.75, 3.05) is 19.0 Å². The number of H-pyrrole nitrogens is 1. The molecule has 3 aromatic heterocycles. The van der Waals surface area contributed by atoms with Crippen LogP contribution in [0.3, 0.4) is 0 Å². The second kappa shape index (κ2) is 7.57. The topological polar surface area (TPSA) is 105 Å². The lowest BCUT2D eigenvalue weighted by Crippen LogP contribution is -2.31. The molecule has 1 saturated carbocycles. The van der Waals surface area contributed by atoms with E-state index in [1.54, 1.807) is 13.3 Å². The maximum Gasteiger partial charge on any atom is 0.174 e. The van der Waals surface area contributed by atoms with Crippen LogP contribution in [0.4, 0.5) is 11.6 Å². The quantitative estimate of drug-likeness (QED) is 0.625. The molecule has 29 heavy (non-hydrogen) atoms. The van der Waals surface area contributed by atoms with Crippen LogP contribution in [0, 0.1) is 6.92 Å². The van der Waals surface area contributed by atoms with Crippen molar-refractivity contribution in [3.05, 3.63) is 47.4 Å². The van der Waals surface area contributed by atoms with E-state index in [1.807, 2.05) is 19.1 Å². The number of nitrogens with zero attached hydrogens (tertiary/aromatic N) is 5. The third-order valence-electron chi connectivity index (χ3n) is 5.55. The Bertz CT molecular complexity index is 981. The summed E-state index contributed by atoms with van der Waals surface area (Å²) in [7, 11) is 1.69. The second-order valence-electron chi connectivity index (χ2n) is 7.77. The molecule has 0 radical (unpaired) electrons. The Morgan fingerprint density at radius 2 is 2.17 bits per heavy atom. The summed E-state index contributed by atoms with van der Waals surface area (Å²) in [6.07, 6.45) is 5.87. The van der Waals surface area contributed by atoms with Crippen LogP contribution in [0.1, 0.15) is 66.8 Å². The summed E-state index contributed by atoms with van der Waals surface area (Å²) < 4.78 is 11.5. The minimum Gasteiger partial charge on any atom is -0.359 e. The first-order valence-corrected chi connectivity index (χ1v) is 10.1.